The summed E-state index contributed by atoms with van der Waals surface area (Å²) in [5.74, 6) is -0.898. The van der Waals surface area contributed by atoms with Crippen LogP contribution in [-0.4, -0.2) is 41.4 Å². The number of hydrogen-bond donors (Lipinski definition) is 0. The Morgan fingerprint density at radius 3 is 2.77 bits per heavy atom. The van der Waals surface area contributed by atoms with Crippen molar-refractivity contribution in [2.24, 2.45) is 5.92 Å². The molecular formula is C16H19ClF2N2O. The number of fused-ring (bicyclic) bond motifs is 4. The van der Waals surface area contributed by atoms with Gasteiger partial charge in [-0.05, 0) is 24.8 Å². The summed E-state index contributed by atoms with van der Waals surface area (Å²) in [6, 6.07) is 2.89. The summed E-state index contributed by atoms with van der Waals surface area (Å²) < 4.78 is 27.4. The molecule has 2 bridgehead atoms. The zero-order chi connectivity index (χ0) is 15.9. The predicted octanol–water partition coefficient (Wildman–Crippen LogP) is 3.06. The minimum absolute atomic E-state index is 0.0924. The third-order valence-corrected chi connectivity index (χ3v) is 5.11. The van der Waals surface area contributed by atoms with Crippen LogP contribution in [0.2, 0.25) is 5.02 Å². The van der Waals surface area contributed by atoms with Crippen molar-refractivity contribution in [1.82, 2.24) is 9.80 Å². The molecule has 3 heterocycles. The molecule has 0 saturated carbocycles. The standard InChI is InChI=1S/C16H19ClF2N2O/c1-10(22)20-6-11-2-4-13(9-20)21(7-11)8-12-3-5-14(18)15(17)16(12)19/h3,5,11,13H,2,4,6-9H2,1H3/t11-,13+/m0/s1. The van der Waals surface area contributed by atoms with E-state index in [0.717, 1.165) is 25.9 Å². The number of benzene rings is 1. The Hall–Kier alpha value is -1.20. The van der Waals surface area contributed by atoms with Gasteiger partial charge in [0.1, 0.15) is 16.7 Å². The first kappa shape index (κ1) is 15.7. The van der Waals surface area contributed by atoms with Crippen molar-refractivity contribution >= 4 is 17.5 Å². The lowest BCUT2D eigenvalue weighted by Gasteiger charge is -2.36. The van der Waals surface area contributed by atoms with Crippen molar-refractivity contribution in [2.75, 3.05) is 19.6 Å². The Labute approximate surface area is 133 Å². The molecular weight excluding hydrogens is 310 g/mol. The smallest absolute Gasteiger partial charge is 0.219 e. The molecule has 0 aromatic heterocycles. The van der Waals surface area contributed by atoms with Gasteiger partial charge in [0.2, 0.25) is 5.91 Å². The van der Waals surface area contributed by atoms with Gasteiger partial charge < -0.3 is 4.90 Å². The number of piperidine rings is 1. The first-order valence-electron chi connectivity index (χ1n) is 7.57. The van der Waals surface area contributed by atoms with Gasteiger partial charge in [0, 0.05) is 44.7 Å². The molecule has 4 rings (SSSR count). The maximum atomic E-state index is 14.1. The van der Waals surface area contributed by atoms with Crippen molar-refractivity contribution in [3.8, 4) is 0 Å². The summed E-state index contributed by atoms with van der Waals surface area (Å²) in [5.41, 5.74) is 0.410. The molecule has 6 heteroatoms. The molecule has 1 aromatic rings. The summed E-state index contributed by atoms with van der Waals surface area (Å²) >= 11 is 5.66. The van der Waals surface area contributed by atoms with Gasteiger partial charge in [-0.25, -0.2) is 8.78 Å². The quantitative estimate of drug-likeness (QED) is 0.779. The number of amides is 1. The van der Waals surface area contributed by atoms with E-state index >= 15 is 0 Å². The van der Waals surface area contributed by atoms with Gasteiger partial charge in [-0.2, -0.15) is 0 Å². The molecule has 120 valence electrons. The van der Waals surface area contributed by atoms with E-state index in [1.165, 1.54) is 12.1 Å². The topological polar surface area (TPSA) is 23.6 Å². The number of carbonyl (C=O) groups is 1. The Balaban J connectivity index is 1.79. The summed E-state index contributed by atoms with van der Waals surface area (Å²) in [6.45, 7) is 4.29. The van der Waals surface area contributed by atoms with Crippen LogP contribution in [0.4, 0.5) is 8.78 Å². The van der Waals surface area contributed by atoms with Crippen LogP contribution < -0.4 is 0 Å². The van der Waals surface area contributed by atoms with Crippen LogP contribution >= 0.6 is 11.6 Å². The largest absolute Gasteiger partial charge is 0.341 e. The molecule has 3 nitrogen and oxygen atoms in total. The zero-order valence-corrected chi connectivity index (χ0v) is 13.2. The predicted molar refractivity (Wildman–Crippen MR) is 80.5 cm³/mol. The molecule has 2 atom stereocenters. The van der Waals surface area contributed by atoms with Crippen molar-refractivity contribution in [3.05, 3.63) is 34.4 Å². The van der Waals surface area contributed by atoms with E-state index in [0.29, 0.717) is 24.6 Å². The lowest BCUT2D eigenvalue weighted by Crippen LogP contribution is -2.43. The molecule has 1 aromatic carbocycles. The number of hydrogen-bond acceptors (Lipinski definition) is 2. The van der Waals surface area contributed by atoms with Crippen LogP contribution in [0.25, 0.3) is 0 Å². The maximum absolute atomic E-state index is 14.1. The molecule has 1 amide bonds. The maximum Gasteiger partial charge on any atom is 0.219 e. The van der Waals surface area contributed by atoms with E-state index in [2.05, 4.69) is 4.90 Å². The number of halogens is 3. The third-order valence-electron chi connectivity index (χ3n) is 4.76. The van der Waals surface area contributed by atoms with Crippen LogP contribution in [0.5, 0.6) is 0 Å². The van der Waals surface area contributed by atoms with Crippen LogP contribution in [0.1, 0.15) is 25.3 Å². The molecule has 3 saturated heterocycles. The van der Waals surface area contributed by atoms with Crippen LogP contribution in [-0.2, 0) is 11.3 Å². The van der Waals surface area contributed by atoms with Gasteiger partial charge in [0.05, 0.1) is 0 Å². The van der Waals surface area contributed by atoms with E-state index in [-0.39, 0.29) is 11.9 Å². The van der Waals surface area contributed by atoms with E-state index in [9.17, 15) is 13.6 Å². The van der Waals surface area contributed by atoms with E-state index in [1.54, 1.807) is 6.92 Å². The first-order valence-corrected chi connectivity index (χ1v) is 7.95. The minimum atomic E-state index is -0.733. The SMILES string of the molecule is CC(=O)N1C[C@@H]2CC[C@H](C1)N(Cc1ccc(F)c(Cl)c1F)C2. The second kappa shape index (κ2) is 6.13. The second-order valence-electron chi connectivity index (χ2n) is 6.29. The lowest BCUT2D eigenvalue weighted by atomic mass is 9.94. The summed E-state index contributed by atoms with van der Waals surface area (Å²) in [6.07, 6.45) is 2.10. The number of nitrogens with zero attached hydrogens (tertiary/aromatic N) is 2. The Kier molecular flexibility index (Phi) is 4.37. The fourth-order valence-corrected chi connectivity index (χ4v) is 3.72. The van der Waals surface area contributed by atoms with Gasteiger partial charge in [-0.3, -0.25) is 9.69 Å². The molecule has 0 N–H and O–H groups in total. The van der Waals surface area contributed by atoms with Gasteiger partial charge in [0.25, 0.3) is 0 Å². The Morgan fingerprint density at radius 2 is 2.05 bits per heavy atom. The van der Waals surface area contributed by atoms with E-state index in [4.69, 9.17) is 11.6 Å². The van der Waals surface area contributed by atoms with Crippen LogP contribution in [0, 0.1) is 17.6 Å². The fraction of sp³-hybridized carbons (Fsp3) is 0.562. The highest BCUT2D eigenvalue weighted by Crippen LogP contribution is 2.31. The van der Waals surface area contributed by atoms with Crippen molar-refractivity contribution in [3.63, 3.8) is 0 Å². The summed E-state index contributed by atoms with van der Waals surface area (Å²) in [7, 11) is 0. The highest BCUT2D eigenvalue weighted by molar-refractivity contribution is 6.30. The summed E-state index contributed by atoms with van der Waals surface area (Å²) in [5, 5.41) is -0.442. The molecule has 0 unspecified atom stereocenters. The molecule has 0 spiro atoms. The van der Waals surface area contributed by atoms with Crippen LogP contribution in [0.15, 0.2) is 12.1 Å². The summed E-state index contributed by atoms with van der Waals surface area (Å²) in [4.78, 5) is 15.7. The third kappa shape index (κ3) is 2.97. The number of carbonyl (C=O) groups excluding carboxylic acids is 1. The molecule has 0 aliphatic carbocycles. The van der Waals surface area contributed by atoms with Gasteiger partial charge in [0.15, 0.2) is 0 Å². The first-order chi connectivity index (χ1) is 10.5. The Morgan fingerprint density at radius 1 is 1.27 bits per heavy atom. The number of rotatable bonds is 2. The van der Waals surface area contributed by atoms with E-state index in [1.807, 2.05) is 4.90 Å². The van der Waals surface area contributed by atoms with Gasteiger partial charge >= 0.3 is 0 Å². The molecule has 3 aliphatic heterocycles. The average Bonchev–Trinajstić information content (AvgIpc) is 2.80. The minimum Gasteiger partial charge on any atom is -0.341 e. The highest BCUT2D eigenvalue weighted by atomic mass is 35.5. The second-order valence-corrected chi connectivity index (χ2v) is 6.66. The van der Waals surface area contributed by atoms with E-state index < -0.39 is 16.7 Å². The monoisotopic (exact) mass is 328 g/mol. The van der Waals surface area contributed by atoms with Crippen molar-refractivity contribution < 1.29 is 13.6 Å². The average molecular weight is 329 g/mol. The van der Waals surface area contributed by atoms with Crippen molar-refractivity contribution in [2.45, 2.75) is 32.4 Å². The normalized spacial score (nSPS) is 25.4. The molecule has 0 radical (unpaired) electrons. The molecule has 22 heavy (non-hydrogen) atoms. The molecule has 3 fully saturated rings. The van der Waals surface area contributed by atoms with Gasteiger partial charge in [-0.1, -0.05) is 17.7 Å². The lowest BCUT2D eigenvalue weighted by molar-refractivity contribution is -0.129. The van der Waals surface area contributed by atoms with Crippen molar-refractivity contribution in [1.29, 1.82) is 0 Å². The molecule has 3 aliphatic rings. The zero-order valence-electron chi connectivity index (χ0n) is 12.5. The van der Waals surface area contributed by atoms with Crippen LogP contribution in [0.3, 0.4) is 0 Å². The fourth-order valence-electron chi connectivity index (χ4n) is 3.54. The Bertz CT molecular complexity index is 596. The highest BCUT2D eigenvalue weighted by Gasteiger charge is 2.35. The van der Waals surface area contributed by atoms with Gasteiger partial charge in [-0.15, -0.1) is 0 Å².